The van der Waals surface area contributed by atoms with Crippen LogP contribution in [0.3, 0.4) is 0 Å². The molecule has 3 aliphatic rings. The zero-order valence-corrected chi connectivity index (χ0v) is 16.7. The molecule has 0 aromatic heterocycles. The summed E-state index contributed by atoms with van der Waals surface area (Å²) in [5, 5.41) is 19.1. The van der Waals surface area contributed by atoms with E-state index < -0.39 is 5.97 Å². The van der Waals surface area contributed by atoms with Gasteiger partial charge in [-0.1, -0.05) is 6.92 Å². The number of aromatic hydroxyl groups is 1. The molecule has 2 fully saturated rings. The number of fused-ring (bicyclic) bond motifs is 5. The molecule has 2 saturated carbocycles. The Bertz CT molecular complexity index is 800. The van der Waals surface area contributed by atoms with E-state index in [1.54, 1.807) is 7.11 Å². The lowest BCUT2D eigenvalue weighted by Crippen LogP contribution is -2.44. The van der Waals surface area contributed by atoms with Crippen LogP contribution in [-0.2, 0) is 16.0 Å². The summed E-state index contributed by atoms with van der Waals surface area (Å²) in [6.07, 6.45) is 6.10. The van der Waals surface area contributed by atoms with Crippen molar-refractivity contribution in [2.45, 2.75) is 64.2 Å². The fourth-order valence-corrected chi connectivity index (χ4v) is 6.59. The molecule has 1 aromatic rings. The van der Waals surface area contributed by atoms with Crippen LogP contribution >= 0.6 is 0 Å². The average molecular weight is 386 g/mol. The zero-order valence-electron chi connectivity index (χ0n) is 16.7. The Balaban J connectivity index is 1.64. The van der Waals surface area contributed by atoms with Crippen LogP contribution < -0.4 is 4.74 Å². The van der Waals surface area contributed by atoms with E-state index in [0.717, 1.165) is 32.1 Å². The molecular formula is C23H30O5. The van der Waals surface area contributed by atoms with Crippen LogP contribution in [-0.4, -0.2) is 29.1 Å². The van der Waals surface area contributed by atoms with Crippen molar-refractivity contribution in [3.05, 3.63) is 23.3 Å². The average Bonchev–Trinajstić information content (AvgIpc) is 2.91. The molecule has 2 N–H and O–H groups in total. The second-order valence-corrected chi connectivity index (χ2v) is 9.19. The molecule has 0 heterocycles. The number of aryl methyl sites for hydroxylation is 1. The summed E-state index contributed by atoms with van der Waals surface area (Å²) in [6.45, 7) is 2.15. The number of rotatable bonds is 5. The summed E-state index contributed by atoms with van der Waals surface area (Å²) in [5.41, 5.74) is 2.22. The van der Waals surface area contributed by atoms with Gasteiger partial charge < -0.3 is 14.9 Å². The van der Waals surface area contributed by atoms with Gasteiger partial charge >= 0.3 is 5.97 Å². The SMILES string of the molecule is COc1cc2c(cc1O)CCC1C3C(CCCC(=O)O)CC(=O)C3(C)CC[C@H]21. The van der Waals surface area contributed by atoms with E-state index >= 15 is 0 Å². The lowest BCUT2D eigenvalue weighted by molar-refractivity contribution is -0.137. The van der Waals surface area contributed by atoms with E-state index in [9.17, 15) is 14.7 Å². The second-order valence-electron chi connectivity index (χ2n) is 9.19. The van der Waals surface area contributed by atoms with Gasteiger partial charge in [-0.25, -0.2) is 0 Å². The summed E-state index contributed by atoms with van der Waals surface area (Å²) in [5.74, 6) is 1.81. The molecule has 4 rings (SSSR count). The van der Waals surface area contributed by atoms with E-state index in [4.69, 9.17) is 9.84 Å². The third kappa shape index (κ3) is 2.99. The number of carbonyl (C=O) groups excluding carboxylic acids is 1. The molecule has 0 radical (unpaired) electrons. The summed E-state index contributed by atoms with van der Waals surface area (Å²) < 4.78 is 5.35. The number of ketones is 1. The topological polar surface area (TPSA) is 83.8 Å². The molecule has 5 atom stereocenters. The van der Waals surface area contributed by atoms with Crippen LogP contribution in [0.4, 0.5) is 0 Å². The molecule has 0 spiro atoms. The largest absolute Gasteiger partial charge is 0.504 e. The van der Waals surface area contributed by atoms with Gasteiger partial charge in [-0.2, -0.15) is 0 Å². The molecule has 4 unspecified atom stereocenters. The Morgan fingerprint density at radius 3 is 2.82 bits per heavy atom. The minimum absolute atomic E-state index is 0.182. The van der Waals surface area contributed by atoms with Gasteiger partial charge in [0.2, 0.25) is 0 Å². The van der Waals surface area contributed by atoms with Crippen molar-refractivity contribution in [2.75, 3.05) is 7.11 Å². The van der Waals surface area contributed by atoms with Crippen molar-refractivity contribution in [3.8, 4) is 11.5 Å². The predicted octanol–water partition coefficient (Wildman–Crippen LogP) is 4.31. The Labute approximate surface area is 166 Å². The lowest BCUT2D eigenvalue weighted by atomic mass is 9.54. The summed E-state index contributed by atoms with van der Waals surface area (Å²) in [6, 6.07) is 3.85. The van der Waals surface area contributed by atoms with Gasteiger partial charge in [-0.05, 0) is 85.5 Å². The summed E-state index contributed by atoms with van der Waals surface area (Å²) in [7, 11) is 1.58. The van der Waals surface area contributed by atoms with Crippen LogP contribution in [0.25, 0.3) is 0 Å². The summed E-state index contributed by atoms with van der Waals surface area (Å²) >= 11 is 0. The Morgan fingerprint density at radius 1 is 1.32 bits per heavy atom. The first-order valence-electron chi connectivity index (χ1n) is 10.5. The first-order valence-corrected chi connectivity index (χ1v) is 10.5. The molecule has 0 aliphatic heterocycles. The number of methoxy groups -OCH3 is 1. The minimum Gasteiger partial charge on any atom is -0.504 e. The van der Waals surface area contributed by atoms with E-state index in [2.05, 4.69) is 6.92 Å². The molecule has 0 amide bonds. The molecule has 5 heteroatoms. The quantitative estimate of drug-likeness (QED) is 0.788. The van der Waals surface area contributed by atoms with Gasteiger partial charge in [0.1, 0.15) is 5.78 Å². The number of hydrogen-bond acceptors (Lipinski definition) is 4. The van der Waals surface area contributed by atoms with Crippen molar-refractivity contribution in [1.82, 2.24) is 0 Å². The molecule has 28 heavy (non-hydrogen) atoms. The van der Waals surface area contributed by atoms with Crippen LogP contribution in [0, 0.1) is 23.2 Å². The smallest absolute Gasteiger partial charge is 0.303 e. The lowest BCUT2D eigenvalue weighted by Gasteiger charge is -2.50. The number of carbonyl (C=O) groups is 2. The monoisotopic (exact) mass is 386 g/mol. The van der Waals surface area contributed by atoms with E-state index in [0.29, 0.717) is 48.0 Å². The Morgan fingerprint density at radius 2 is 2.11 bits per heavy atom. The summed E-state index contributed by atoms with van der Waals surface area (Å²) in [4.78, 5) is 23.9. The highest BCUT2D eigenvalue weighted by molar-refractivity contribution is 5.87. The zero-order chi connectivity index (χ0) is 20.1. The Kier molecular flexibility index (Phi) is 4.88. The van der Waals surface area contributed by atoms with Crippen LogP contribution in [0.1, 0.15) is 68.9 Å². The maximum atomic E-state index is 12.9. The highest BCUT2D eigenvalue weighted by atomic mass is 16.5. The van der Waals surface area contributed by atoms with Gasteiger partial charge in [0.05, 0.1) is 7.11 Å². The van der Waals surface area contributed by atoms with E-state index in [1.165, 1.54) is 11.1 Å². The maximum absolute atomic E-state index is 12.9. The van der Waals surface area contributed by atoms with Crippen molar-refractivity contribution in [2.24, 2.45) is 23.2 Å². The van der Waals surface area contributed by atoms with Gasteiger partial charge in [0, 0.05) is 18.3 Å². The van der Waals surface area contributed by atoms with Gasteiger partial charge in [-0.15, -0.1) is 0 Å². The fraction of sp³-hybridized carbons (Fsp3) is 0.652. The predicted molar refractivity (Wildman–Crippen MR) is 105 cm³/mol. The highest BCUT2D eigenvalue weighted by Crippen LogP contribution is 2.62. The molecule has 0 bridgehead atoms. The second kappa shape index (κ2) is 7.09. The standard InChI is InChI=1S/C23H30O5/c1-23-9-8-15-16(7-6-13-10-18(24)19(28-2)12-17(13)15)22(23)14(11-20(23)25)4-3-5-21(26)27/h10,12,14-16,22,24H,3-9,11H2,1-2H3,(H,26,27)/t14?,15-,16?,22?,23?/m0/s1. The first-order chi connectivity index (χ1) is 13.3. The number of ether oxygens (including phenoxy) is 1. The first kappa shape index (κ1) is 19.3. The van der Waals surface area contributed by atoms with Gasteiger partial charge in [0.15, 0.2) is 11.5 Å². The number of carboxylic acid groups (broad SMARTS) is 1. The minimum atomic E-state index is -0.757. The van der Waals surface area contributed by atoms with Gasteiger partial charge in [0.25, 0.3) is 0 Å². The number of phenolic OH excluding ortho intramolecular Hbond substituents is 1. The number of hydrogen-bond donors (Lipinski definition) is 2. The third-order valence-electron chi connectivity index (χ3n) is 7.83. The molecule has 5 nitrogen and oxygen atoms in total. The fourth-order valence-electron chi connectivity index (χ4n) is 6.59. The molecule has 1 aromatic carbocycles. The third-order valence-corrected chi connectivity index (χ3v) is 7.83. The van der Waals surface area contributed by atoms with Crippen molar-refractivity contribution >= 4 is 11.8 Å². The number of aliphatic carboxylic acids is 1. The van der Waals surface area contributed by atoms with Crippen LogP contribution in [0.15, 0.2) is 12.1 Å². The number of benzene rings is 1. The van der Waals surface area contributed by atoms with Crippen molar-refractivity contribution in [3.63, 3.8) is 0 Å². The molecule has 0 saturated heterocycles. The van der Waals surface area contributed by atoms with E-state index in [1.807, 2.05) is 12.1 Å². The van der Waals surface area contributed by atoms with Crippen molar-refractivity contribution < 1.29 is 24.5 Å². The maximum Gasteiger partial charge on any atom is 0.303 e. The van der Waals surface area contributed by atoms with Crippen molar-refractivity contribution in [1.29, 1.82) is 0 Å². The molecule has 152 valence electrons. The number of phenols is 1. The molecule has 3 aliphatic carbocycles. The van der Waals surface area contributed by atoms with Crippen LogP contribution in [0.2, 0.25) is 0 Å². The Hall–Kier alpha value is -2.04. The number of carboxylic acids is 1. The molecular weight excluding hydrogens is 356 g/mol. The van der Waals surface area contributed by atoms with E-state index in [-0.39, 0.29) is 17.6 Å². The van der Waals surface area contributed by atoms with Crippen LogP contribution in [0.5, 0.6) is 11.5 Å². The highest BCUT2D eigenvalue weighted by Gasteiger charge is 2.58. The number of Topliss-reactive ketones (excluding diaryl/α,β-unsaturated/α-hetero) is 1. The van der Waals surface area contributed by atoms with Gasteiger partial charge in [-0.3, -0.25) is 9.59 Å². The normalized spacial score (nSPS) is 33.7.